The minimum atomic E-state index is -0.0959. The van der Waals surface area contributed by atoms with E-state index >= 15 is 0 Å². The fourth-order valence-corrected chi connectivity index (χ4v) is 1.42. The average molecular weight is 179 g/mol. The summed E-state index contributed by atoms with van der Waals surface area (Å²) in [5, 5.41) is 0. The van der Waals surface area contributed by atoms with E-state index in [4.69, 9.17) is 0 Å². The molecule has 0 aliphatic rings. The molecule has 0 unspecified atom stereocenters. The van der Waals surface area contributed by atoms with E-state index in [1.807, 2.05) is 13.8 Å². The summed E-state index contributed by atoms with van der Waals surface area (Å²) >= 11 is 0. The summed E-state index contributed by atoms with van der Waals surface area (Å²) in [6.45, 7) is 6.63. The molecule has 70 valence electrons. The second-order valence-electron chi connectivity index (χ2n) is 3.24. The van der Waals surface area contributed by atoms with Crippen LogP contribution >= 0.6 is 0 Å². The standard InChI is InChI=1S/C10H13NO2/c1-5-6(2)11-10(8(4)13)9(5)7(3)12/h11H,1-4H3. The molecule has 0 bridgehead atoms. The van der Waals surface area contributed by atoms with Crippen LogP contribution in [0.2, 0.25) is 0 Å². The maximum atomic E-state index is 11.2. The van der Waals surface area contributed by atoms with Crippen LogP contribution < -0.4 is 0 Å². The summed E-state index contributed by atoms with van der Waals surface area (Å²) in [4.78, 5) is 25.3. The molecular formula is C10H13NO2. The molecule has 0 fully saturated rings. The Hall–Kier alpha value is -1.38. The highest BCUT2D eigenvalue weighted by Crippen LogP contribution is 2.18. The van der Waals surface area contributed by atoms with Crippen LogP contribution in [0.4, 0.5) is 0 Å². The maximum absolute atomic E-state index is 11.2. The van der Waals surface area contributed by atoms with Gasteiger partial charge in [-0.25, -0.2) is 0 Å². The van der Waals surface area contributed by atoms with Crippen LogP contribution in [0.25, 0.3) is 0 Å². The number of aryl methyl sites for hydroxylation is 1. The first kappa shape index (κ1) is 9.71. The van der Waals surface area contributed by atoms with Crippen molar-refractivity contribution in [3.05, 3.63) is 22.5 Å². The van der Waals surface area contributed by atoms with Gasteiger partial charge in [0.1, 0.15) is 0 Å². The molecule has 3 heteroatoms. The molecule has 0 saturated heterocycles. The van der Waals surface area contributed by atoms with E-state index in [9.17, 15) is 9.59 Å². The quantitative estimate of drug-likeness (QED) is 0.706. The topological polar surface area (TPSA) is 49.9 Å². The van der Waals surface area contributed by atoms with Crippen molar-refractivity contribution in [1.82, 2.24) is 4.98 Å². The molecule has 0 radical (unpaired) electrons. The van der Waals surface area contributed by atoms with Crippen molar-refractivity contribution in [3.63, 3.8) is 0 Å². The molecule has 0 atom stereocenters. The van der Waals surface area contributed by atoms with Crippen molar-refractivity contribution in [2.45, 2.75) is 27.7 Å². The highest BCUT2D eigenvalue weighted by molar-refractivity contribution is 6.07. The van der Waals surface area contributed by atoms with E-state index in [1.54, 1.807) is 0 Å². The largest absolute Gasteiger partial charge is 0.355 e. The number of hydrogen-bond donors (Lipinski definition) is 1. The molecule has 0 aliphatic carbocycles. The molecule has 1 aromatic rings. The van der Waals surface area contributed by atoms with Crippen molar-refractivity contribution in [2.24, 2.45) is 0 Å². The lowest BCUT2D eigenvalue weighted by Gasteiger charge is -1.96. The van der Waals surface area contributed by atoms with E-state index in [2.05, 4.69) is 4.98 Å². The Kier molecular flexibility index (Phi) is 2.36. The van der Waals surface area contributed by atoms with Crippen LogP contribution in [0.5, 0.6) is 0 Å². The second-order valence-corrected chi connectivity index (χ2v) is 3.24. The third kappa shape index (κ3) is 1.54. The van der Waals surface area contributed by atoms with Gasteiger partial charge >= 0.3 is 0 Å². The summed E-state index contributed by atoms with van der Waals surface area (Å²) in [5.41, 5.74) is 2.72. The van der Waals surface area contributed by atoms with Crippen LogP contribution in [-0.4, -0.2) is 16.6 Å². The summed E-state index contributed by atoms with van der Waals surface area (Å²) in [6.07, 6.45) is 0. The number of carbonyl (C=O) groups is 2. The number of Topliss-reactive ketones (excluding diaryl/α,β-unsaturated/α-hetero) is 2. The zero-order valence-corrected chi connectivity index (χ0v) is 8.32. The van der Waals surface area contributed by atoms with E-state index in [0.717, 1.165) is 11.3 Å². The van der Waals surface area contributed by atoms with Crippen molar-refractivity contribution in [2.75, 3.05) is 0 Å². The van der Waals surface area contributed by atoms with Gasteiger partial charge in [-0.2, -0.15) is 0 Å². The monoisotopic (exact) mass is 179 g/mol. The molecule has 0 spiro atoms. The summed E-state index contributed by atoms with van der Waals surface area (Å²) < 4.78 is 0. The minimum Gasteiger partial charge on any atom is -0.355 e. The van der Waals surface area contributed by atoms with Gasteiger partial charge in [-0.05, 0) is 26.3 Å². The molecule has 1 N–H and O–H groups in total. The Balaban J connectivity index is 3.44. The predicted molar refractivity (Wildman–Crippen MR) is 50.3 cm³/mol. The zero-order chi connectivity index (χ0) is 10.2. The van der Waals surface area contributed by atoms with Crippen molar-refractivity contribution in [3.8, 4) is 0 Å². The number of hydrogen-bond acceptors (Lipinski definition) is 2. The van der Waals surface area contributed by atoms with E-state index in [1.165, 1.54) is 13.8 Å². The predicted octanol–water partition coefficient (Wildman–Crippen LogP) is 2.04. The number of aromatic amines is 1. The lowest BCUT2D eigenvalue weighted by molar-refractivity contribution is 0.0978. The molecule has 3 nitrogen and oxygen atoms in total. The molecule has 0 aliphatic heterocycles. The first-order valence-corrected chi connectivity index (χ1v) is 4.16. The van der Waals surface area contributed by atoms with Gasteiger partial charge in [0.15, 0.2) is 11.6 Å². The van der Waals surface area contributed by atoms with Crippen molar-refractivity contribution >= 4 is 11.6 Å². The maximum Gasteiger partial charge on any atom is 0.176 e. The van der Waals surface area contributed by atoms with Gasteiger partial charge < -0.3 is 4.98 Å². The zero-order valence-electron chi connectivity index (χ0n) is 8.32. The van der Waals surface area contributed by atoms with Gasteiger partial charge in [-0.1, -0.05) is 0 Å². The normalized spacial score (nSPS) is 10.2. The summed E-state index contributed by atoms with van der Waals surface area (Å²) in [5.74, 6) is -0.159. The van der Waals surface area contributed by atoms with Crippen LogP contribution in [0.15, 0.2) is 0 Å². The highest BCUT2D eigenvalue weighted by atomic mass is 16.1. The van der Waals surface area contributed by atoms with Crippen molar-refractivity contribution in [1.29, 1.82) is 0 Å². The van der Waals surface area contributed by atoms with E-state index in [-0.39, 0.29) is 11.6 Å². The van der Waals surface area contributed by atoms with Crippen LogP contribution in [0.3, 0.4) is 0 Å². The lowest BCUT2D eigenvalue weighted by Crippen LogP contribution is -2.02. The van der Waals surface area contributed by atoms with Gasteiger partial charge in [0, 0.05) is 18.2 Å². The van der Waals surface area contributed by atoms with Gasteiger partial charge in [0.05, 0.1) is 5.69 Å². The molecular weight excluding hydrogens is 166 g/mol. The highest BCUT2D eigenvalue weighted by Gasteiger charge is 2.17. The molecule has 1 rings (SSSR count). The number of nitrogens with one attached hydrogen (secondary N) is 1. The first-order valence-electron chi connectivity index (χ1n) is 4.16. The third-order valence-electron chi connectivity index (χ3n) is 2.20. The van der Waals surface area contributed by atoms with Crippen LogP contribution in [0.1, 0.15) is 46.0 Å². The SMILES string of the molecule is CC(=O)c1[nH]c(C)c(C)c1C(C)=O. The molecule has 0 saturated carbocycles. The average Bonchev–Trinajstić information content (AvgIpc) is 2.28. The van der Waals surface area contributed by atoms with Gasteiger partial charge in [0.2, 0.25) is 0 Å². The first-order chi connectivity index (χ1) is 5.95. The number of carbonyl (C=O) groups excluding carboxylic acids is 2. The molecule has 0 amide bonds. The van der Waals surface area contributed by atoms with Gasteiger partial charge in [-0.3, -0.25) is 9.59 Å². The number of aromatic nitrogens is 1. The molecule has 1 aromatic heterocycles. The van der Waals surface area contributed by atoms with Crippen LogP contribution in [0, 0.1) is 13.8 Å². The minimum absolute atomic E-state index is 0.0629. The lowest BCUT2D eigenvalue weighted by atomic mass is 10.1. The number of H-pyrrole nitrogens is 1. The Morgan fingerprint density at radius 2 is 1.62 bits per heavy atom. The fraction of sp³-hybridized carbons (Fsp3) is 0.400. The van der Waals surface area contributed by atoms with Gasteiger partial charge in [0.25, 0.3) is 0 Å². The van der Waals surface area contributed by atoms with Crippen LogP contribution in [-0.2, 0) is 0 Å². The van der Waals surface area contributed by atoms with Gasteiger partial charge in [-0.15, -0.1) is 0 Å². The number of rotatable bonds is 2. The molecule has 1 heterocycles. The smallest absolute Gasteiger partial charge is 0.176 e. The Morgan fingerprint density at radius 3 is 1.92 bits per heavy atom. The Bertz CT molecular complexity index is 375. The van der Waals surface area contributed by atoms with E-state index in [0.29, 0.717) is 11.3 Å². The number of ketones is 2. The van der Waals surface area contributed by atoms with Crippen molar-refractivity contribution < 1.29 is 9.59 Å². The Labute approximate surface area is 77.2 Å². The fourth-order valence-electron chi connectivity index (χ4n) is 1.42. The third-order valence-corrected chi connectivity index (χ3v) is 2.20. The second kappa shape index (κ2) is 3.17. The summed E-state index contributed by atoms with van der Waals surface area (Å²) in [7, 11) is 0. The Morgan fingerprint density at radius 1 is 1.08 bits per heavy atom. The molecule has 0 aromatic carbocycles. The molecule has 13 heavy (non-hydrogen) atoms. The van der Waals surface area contributed by atoms with E-state index < -0.39 is 0 Å². The summed E-state index contributed by atoms with van der Waals surface area (Å²) in [6, 6.07) is 0.